The maximum Gasteiger partial charge on any atom is 0.326 e. The Bertz CT molecular complexity index is 697. The number of thioether (sulfide) groups is 1. The van der Waals surface area contributed by atoms with Crippen LogP contribution in [0.2, 0.25) is 0 Å². The molecule has 1 amide bonds. The molecule has 0 radical (unpaired) electrons. The Hall–Kier alpha value is -2.61. The number of anilines is 2. The minimum absolute atomic E-state index is 0.0424. The minimum Gasteiger partial charge on any atom is -0.454 e. The molecule has 2 rings (SSSR count). The van der Waals surface area contributed by atoms with Gasteiger partial charge in [-0.1, -0.05) is 6.07 Å². The topological polar surface area (TPSA) is 84.4 Å². The maximum atomic E-state index is 11.8. The molecule has 0 saturated heterocycles. The van der Waals surface area contributed by atoms with Gasteiger partial charge >= 0.3 is 5.97 Å². The molecular formula is C16H18N4O3S. The van der Waals surface area contributed by atoms with Crippen molar-refractivity contribution in [2.45, 2.75) is 4.90 Å². The monoisotopic (exact) mass is 346 g/mol. The van der Waals surface area contributed by atoms with Gasteiger partial charge in [0.15, 0.2) is 6.61 Å². The van der Waals surface area contributed by atoms with Gasteiger partial charge in [0.05, 0.1) is 0 Å². The number of benzene rings is 1. The number of carbonyl (C=O) groups is 2. The van der Waals surface area contributed by atoms with Gasteiger partial charge in [-0.25, -0.2) is 9.97 Å². The standard InChI is InChI=1S/C16H18N4O3S/c1-20(16-17-7-4-8-18-16)10-15(22)23-11-14(21)19-12-5-3-6-13(9-12)24-2/h3-9H,10-11H2,1-2H3,(H,19,21). The van der Waals surface area contributed by atoms with Gasteiger partial charge in [0.1, 0.15) is 6.54 Å². The zero-order chi connectivity index (χ0) is 17.4. The van der Waals surface area contributed by atoms with Crippen molar-refractivity contribution in [2.24, 2.45) is 0 Å². The molecule has 0 spiro atoms. The van der Waals surface area contributed by atoms with Gasteiger partial charge in [-0.05, 0) is 30.5 Å². The van der Waals surface area contributed by atoms with E-state index in [0.29, 0.717) is 11.6 Å². The normalized spacial score (nSPS) is 10.1. The summed E-state index contributed by atoms with van der Waals surface area (Å²) in [6, 6.07) is 9.11. The van der Waals surface area contributed by atoms with Crippen LogP contribution >= 0.6 is 11.8 Å². The Morgan fingerprint density at radius 2 is 2.00 bits per heavy atom. The van der Waals surface area contributed by atoms with Gasteiger partial charge in [0.2, 0.25) is 5.95 Å². The first kappa shape index (κ1) is 17.7. The summed E-state index contributed by atoms with van der Waals surface area (Å²) in [5.41, 5.74) is 0.665. The number of amides is 1. The van der Waals surface area contributed by atoms with Crippen LogP contribution in [0.1, 0.15) is 0 Å². The summed E-state index contributed by atoms with van der Waals surface area (Å²) in [6.45, 7) is -0.384. The van der Waals surface area contributed by atoms with Crippen LogP contribution < -0.4 is 10.2 Å². The lowest BCUT2D eigenvalue weighted by atomic mass is 10.3. The molecule has 0 bridgehead atoms. The van der Waals surface area contributed by atoms with Crippen molar-refractivity contribution in [3.8, 4) is 0 Å². The van der Waals surface area contributed by atoms with Gasteiger partial charge < -0.3 is 15.0 Å². The summed E-state index contributed by atoms with van der Waals surface area (Å²) in [4.78, 5) is 34.3. The van der Waals surface area contributed by atoms with Crippen LogP contribution in [0.25, 0.3) is 0 Å². The number of aromatic nitrogens is 2. The molecule has 0 atom stereocenters. The lowest BCUT2D eigenvalue weighted by Gasteiger charge is -2.15. The fourth-order valence-corrected chi connectivity index (χ4v) is 2.30. The van der Waals surface area contributed by atoms with Gasteiger partial charge in [0.25, 0.3) is 5.91 Å². The molecule has 0 aliphatic heterocycles. The van der Waals surface area contributed by atoms with Crippen LogP contribution in [0.15, 0.2) is 47.6 Å². The zero-order valence-electron chi connectivity index (χ0n) is 13.4. The fraction of sp³-hybridized carbons (Fsp3) is 0.250. The van der Waals surface area contributed by atoms with E-state index in [-0.39, 0.29) is 19.1 Å². The highest BCUT2D eigenvalue weighted by molar-refractivity contribution is 7.98. The van der Waals surface area contributed by atoms with E-state index in [0.717, 1.165) is 4.90 Å². The first-order chi connectivity index (χ1) is 11.6. The number of hydrogen-bond acceptors (Lipinski definition) is 7. The van der Waals surface area contributed by atoms with Crippen LogP contribution in [-0.2, 0) is 14.3 Å². The molecule has 0 aliphatic carbocycles. The van der Waals surface area contributed by atoms with Crippen LogP contribution in [0.3, 0.4) is 0 Å². The van der Waals surface area contributed by atoms with Crippen molar-refractivity contribution < 1.29 is 14.3 Å². The molecule has 8 heteroatoms. The van der Waals surface area contributed by atoms with E-state index in [1.165, 1.54) is 0 Å². The second-order valence-electron chi connectivity index (χ2n) is 4.85. The van der Waals surface area contributed by atoms with Crippen LogP contribution in [0, 0.1) is 0 Å². The molecule has 0 unspecified atom stereocenters. The lowest BCUT2D eigenvalue weighted by molar-refractivity contribution is -0.145. The summed E-state index contributed by atoms with van der Waals surface area (Å²) in [5.74, 6) is -0.508. The zero-order valence-corrected chi connectivity index (χ0v) is 14.2. The van der Waals surface area contributed by atoms with E-state index in [1.54, 1.807) is 48.2 Å². The molecule has 1 heterocycles. The second kappa shape index (κ2) is 8.88. The molecule has 1 N–H and O–H groups in total. The van der Waals surface area contributed by atoms with Gasteiger partial charge in [0, 0.05) is 30.0 Å². The lowest BCUT2D eigenvalue weighted by Crippen LogP contribution is -2.30. The van der Waals surface area contributed by atoms with E-state index in [9.17, 15) is 9.59 Å². The average molecular weight is 346 g/mol. The molecule has 2 aromatic rings. The number of rotatable bonds is 7. The molecule has 1 aromatic heterocycles. The number of ether oxygens (including phenoxy) is 1. The molecule has 0 fully saturated rings. The Morgan fingerprint density at radius 1 is 1.25 bits per heavy atom. The highest BCUT2D eigenvalue weighted by Gasteiger charge is 2.12. The highest BCUT2D eigenvalue weighted by atomic mass is 32.2. The highest BCUT2D eigenvalue weighted by Crippen LogP contribution is 2.18. The van der Waals surface area contributed by atoms with Gasteiger partial charge in [-0.3, -0.25) is 9.59 Å². The average Bonchev–Trinajstić information content (AvgIpc) is 2.61. The second-order valence-corrected chi connectivity index (χ2v) is 5.73. The quantitative estimate of drug-likeness (QED) is 0.604. The predicted octanol–water partition coefficient (Wildman–Crippen LogP) is 1.82. The third-order valence-corrected chi connectivity index (χ3v) is 3.70. The number of esters is 1. The minimum atomic E-state index is -0.530. The van der Waals surface area contributed by atoms with Crippen molar-refractivity contribution in [1.82, 2.24) is 9.97 Å². The van der Waals surface area contributed by atoms with Crippen molar-refractivity contribution >= 4 is 35.3 Å². The Labute approximate surface area is 144 Å². The van der Waals surface area contributed by atoms with Crippen molar-refractivity contribution in [1.29, 1.82) is 0 Å². The van der Waals surface area contributed by atoms with Crippen molar-refractivity contribution in [3.63, 3.8) is 0 Å². The number of nitrogens with one attached hydrogen (secondary N) is 1. The summed E-state index contributed by atoms with van der Waals surface area (Å²) < 4.78 is 4.97. The Kier molecular flexibility index (Phi) is 6.56. The number of likely N-dealkylation sites (N-methyl/N-ethyl adjacent to an activating group) is 1. The third-order valence-electron chi connectivity index (χ3n) is 2.98. The SMILES string of the molecule is CSc1cccc(NC(=O)COC(=O)CN(C)c2ncccn2)c1. The van der Waals surface area contributed by atoms with E-state index in [1.807, 2.05) is 24.5 Å². The van der Waals surface area contributed by atoms with Crippen LogP contribution in [0.5, 0.6) is 0 Å². The Morgan fingerprint density at radius 3 is 2.71 bits per heavy atom. The molecule has 0 aliphatic rings. The molecular weight excluding hydrogens is 328 g/mol. The van der Waals surface area contributed by atoms with E-state index < -0.39 is 5.97 Å². The largest absolute Gasteiger partial charge is 0.454 e. The first-order valence-electron chi connectivity index (χ1n) is 7.16. The smallest absolute Gasteiger partial charge is 0.326 e. The molecule has 24 heavy (non-hydrogen) atoms. The van der Waals surface area contributed by atoms with Gasteiger partial charge in [-0.2, -0.15) is 0 Å². The first-order valence-corrected chi connectivity index (χ1v) is 8.38. The van der Waals surface area contributed by atoms with Crippen LogP contribution in [-0.4, -0.2) is 48.3 Å². The third kappa shape index (κ3) is 5.54. The van der Waals surface area contributed by atoms with Gasteiger partial charge in [-0.15, -0.1) is 11.8 Å². The van der Waals surface area contributed by atoms with E-state index in [4.69, 9.17) is 4.74 Å². The number of nitrogens with zero attached hydrogens (tertiary/aromatic N) is 3. The predicted molar refractivity (Wildman–Crippen MR) is 93.1 cm³/mol. The summed E-state index contributed by atoms with van der Waals surface area (Å²) >= 11 is 1.58. The van der Waals surface area contributed by atoms with Crippen molar-refractivity contribution in [3.05, 3.63) is 42.7 Å². The van der Waals surface area contributed by atoms with Crippen LogP contribution in [0.4, 0.5) is 11.6 Å². The molecule has 126 valence electrons. The molecule has 0 saturated carbocycles. The number of carbonyl (C=O) groups excluding carboxylic acids is 2. The summed E-state index contributed by atoms with van der Waals surface area (Å²) in [6.07, 6.45) is 5.12. The fourth-order valence-electron chi connectivity index (χ4n) is 1.84. The van der Waals surface area contributed by atoms with E-state index >= 15 is 0 Å². The molecule has 7 nitrogen and oxygen atoms in total. The van der Waals surface area contributed by atoms with Crippen molar-refractivity contribution in [2.75, 3.05) is 36.7 Å². The number of hydrogen-bond donors (Lipinski definition) is 1. The van der Waals surface area contributed by atoms with E-state index in [2.05, 4.69) is 15.3 Å². The molecule has 1 aromatic carbocycles. The Balaban J connectivity index is 1.77. The summed E-state index contributed by atoms with van der Waals surface area (Å²) in [5, 5.41) is 2.69. The maximum absolute atomic E-state index is 11.8. The summed E-state index contributed by atoms with van der Waals surface area (Å²) in [7, 11) is 1.67.